The summed E-state index contributed by atoms with van der Waals surface area (Å²) >= 11 is 0. The SMILES string of the molecule is CCC[C@H]1CC[C@H](C2(c3ccccc3C#N)C=CC(C(=O)O)C=C2F)CC1. The first-order valence-electron chi connectivity index (χ1n) is 9.82. The number of halogens is 1. The van der Waals surface area contributed by atoms with E-state index in [0.717, 1.165) is 32.1 Å². The van der Waals surface area contributed by atoms with Crippen molar-refractivity contribution in [3.63, 3.8) is 0 Å². The maximum atomic E-state index is 15.6. The van der Waals surface area contributed by atoms with Gasteiger partial charge in [0.25, 0.3) is 0 Å². The molecule has 0 bridgehead atoms. The van der Waals surface area contributed by atoms with Crippen LogP contribution in [0.1, 0.15) is 56.6 Å². The average molecular weight is 367 g/mol. The van der Waals surface area contributed by atoms with Gasteiger partial charge in [-0.05, 0) is 42.4 Å². The number of hydrogen-bond acceptors (Lipinski definition) is 2. The summed E-state index contributed by atoms with van der Waals surface area (Å²) in [6, 6.07) is 9.33. The van der Waals surface area contributed by atoms with E-state index in [1.54, 1.807) is 24.3 Å². The second-order valence-corrected chi connectivity index (χ2v) is 7.77. The fraction of sp³-hybridized carbons (Fsp3) is 0.478. The lowest BCUT2D eigenvalue weighted by atomic mass is 9.60. The summed E-state index contributed by atoms with van der Waals surface area (Å²) in [5, 5.41) is 18.9. The second-order valence-electron chi connectivity index (χ2n) is 7.77. The number of carboxylic acid groups (broad SMARTS) is 1. The Labute approximate surface area is 160 Å². The normalized spacial score (nSPS) is 30.4. The van der Waals surface area contributed by atoms with Crippen molar-refractivity contribution in [2.45, 2.75) is 50.9 Å². The molecule has 2 unspecified atom stereocenters. The minimum atomic E-state index is -1.06. The number of allylic oxidation sites excluding steroid dienone is 2. The van der Waals surface area contributed by atoms with Crippen molar-refractivity contribution in [2.75, 3.05) is 0 Å². The fourth-order valence-electron chi connectivity index (χ4n) is 4.87. The predicted octanol–water partition coefficient (Wildman–Crippen LogP) is 5.53. The van der Waals surface area contributed by atoms with Crippen LogP contribution in [0.4, 0.5) is 4.39 Å². The van der Waals surface area contributed by atoms with Crippen LogP contribution in [0.5, 0.6) is 0 Å². The molecule has 1 aromatic rings. The molecule has 0 radical (unpaired) electrons. The van der Waals surface area contributed by atoms with Crippen LogP contribution in [0.2, 0.25) is 0 Å². The van der Waals surface area contributed by atoms with Crippen LogP contribution in [0.25, 0.3) is 0 Å². The number of rotatable bonds is 5. The molecule has 0 saturated heterocycles. The highest BCUT2D eigenvalue weighted by molar-refractivity contribution is 5.75. The van der Waals surface area contributed by atoms with E-state index in [2.05, 4.69) is 13.0 Å². The van der Waals surface area contributed by atoms with Crippen LogP contribution in [0.15, 0.2) is 48.3 Å². The maximum absolute atomic E-state index is 15.6. The first kappa shape index (κ1) is 19.4. The molecule has 27 heavy (non-hydrogen) atoms. The Morgan fingerprint density at radius 2 is 2.00 bits per heavy atom. The number of carboxylic acids is 1. The van der Waals surface area contributed by atoms with Crippen molar-refractivity contribution in [3.8, 4) is 6.07 Å². The van der Waals surface area contributed by atoms with Crippen molar-refractivity contribution in [3.05, 3.63) is 59.4 Å². The summed E-state index contributed by atoms with van der Waals surface area (Å²) < 4.78 is 15.6. The number of aliphatic carboxylic acids is 1. The minimum absolute atomic E-state index is 0.0300. The van der Waals surface area contributed by atoms with Crippen molar-refractivity contribution < 1.29 is 14.3 Å². The molecule has 2 aliphatic rings. The molecule has 1 saturated carbocycles. The molecule has 2 atom stereocenters. The van der Waals surface area contributed by atoms with Gasteiger partial charge in [-0.25, -0.2) is 4.39 Å². The third-order valence-corrected chi connectivity index (χ3v) is 6.25. The van der Waals surface area contributed by atoms with Gasteiger partial charge in [-0.15, -0.1) is 0 Å². The number of carbonyl (C=O) groups is 1. The Kier molecular flexibility index (Phi) is 5.79. The van der Waals surface area contributed by atoms with Gasteiger partial charge in [0.2, 0.25) is 0 Å². The smallest absolute Gasteiger partial charge is 0.314 e. The summed E-state index contributed by atoms with van der Waals surface area (Å²) in [4.78, 5) is 11.3. The van der Waals surface area contributed by atoms with Crippen molar-refractivity contribution in [2.24, 2.45) is 17.8 Å². The van der Waals surface area contributed by atoms with E-state index in [4.69, 9.17) is 0 Å². The minimum Gasteiger partial charge on any atom is -0.481 e. The molecule has 1 N–H and O–H groups in total. The lowest BCUT2D eigenvalue weighted by Crippen LogP contribution is -2.39. The summed E-state index contributed by atoms with van der Waals surface area (Å²) in [7, 11) is 0. The lowest BCUT2D eigenvalue weighted by molar-refractivity contribution is -0.138. The second kappa shape index (κ2) is 8.08. The van der Waals surface area contributed by atoms with Gasteiger partial charge in [0.15, 0.2) is 0 Å². The van der Waals surface area contributed by atoms with Gasteiger partial charge in [-0.2, -0.15) is 5.26 Å². The van der Waals surface area contributed by atoms with E-state index in [9.17, 15) is 15.2 Å². The molecule has 142 valence electrons. The standard InChI is InChI=1S/C23H26FNO2/c1-2-5-16-8-10-19(11-9-16)23(20-7-4-3-6-18(20)15-25)13-12-17(22(26)27)14-21(23)24/h3-4,6-7,12-14,16-17,19H,2,5,8-11H2,1H3,(H,26,27)/t16-,17?,19-,23?. The first-order chi connectivity index (χ1) is 13.0. The zero-order valence-corrected chi connectivity index (χ0v) is 15.7. The molecule has 0 spiro atoms. The fourth-order valence-corrected chi connectivity index (χ4v) is 4.87. The zero-order chi connectivity index (χ0) is 19.4. The zero-order valence-electron chi connectivity index (χ0n) is 15.7. The summed E-state index contributed by atoms with van der Waals surface area (Å²) in [5.74, 6) is -1.73. The Hall–Kier alpha value is -2.41. The quantitative estimate of drug-likeness (QED) is 0.696. The first-order valence-corrected chi connectivity index (χ1v) is 9.82. The van der Waals surface area contributed by atoms with Gasteiger partial charge in [0, 0.05) is 0 Å². The molecule has 1 aromatic carbocycles. The van der Waals surface area contributed by atoms with E-state index >= 15 is 4.39 Å². The Bertz CT molecular complexity index is 799. The highest BCUT2D eigenvalue weighted by atomic mass is 19.1. The molecule has 0 heterocycles. The van der Waals surface area contributed by atoms with Crippen LogP contribution in [0.3, 0.4) is 0 Å². The number of benzene rings is 1. The van der Waals surface area contributed by atoms with E-state index < -0.39 is 23.1 Å². The Morgan fingerprint density at radius 1 is 1.30 bits per heavy atom. The average Bonchev–Trinajstić information content (AvgIpc) is 2.69. The summed E-state index contributed by atoms with van der Waals surface area (Å²) in [5.41, 5.74) is 0.0746. The van der Waals surface area contributed by atoms with Crippen LogP contribution < -0.4 is 0 Å². The van der Waals surface area contributed by atoms with Gasteiger partial charge in [0.05, 0.1) is 23.0 Å². The Morgan fingerprint density at radius 3 is 2.59 bits per heavy atom. The number of hydrogen-bond donors (Lipinski definition) is 1. The predicted molar refractivity (Wildman–Crippen MR) is 103 cm³/mol. The van der Waals surface area contributed by atoms with Crippen LogP contribution in [-0.2, 0) is 10.2 Å². The highest BCUT2D eigenvalue weighted by Crippen LogP contribution is 2.51. The molecular formula is C23H26FNO2. The molecule has 0 aromatic heterocycles. The summed E-state index contributed by atoms with van der Waals surface area (Å²) in [6.07, 6.45) is 10.8. The third kappa shape index (κ3) is 3.56. The lowest BCUT2D eigenvalue weighted by Gasteiger charge is -2.43. The van der Waals surface area contributed by atoms with Crippen molar-refractivity contribution >= 4 is 5.97 Å². The maximum Gasteiger partial charge on any atom is 0.314 e. The van der Waals surface area contributed by atoms with Crippen LogP contribution in [0, 0.1) is 29.1 Å². The molecule has 1 fully saturated rings. The number of nitriles is 1. The van der Waals surface area contributed by atoms with Gasteiger partial charge in [0.1, 0.15) is 5.83 Å². The topological polar surface area (TPSA) is 61.1 Å². The molecule has 0 aliphatic heterocycles. The molecule has 4 heteroatoms. The monoisotopic (exact) mass is 367 g/mol. The van der Waals surface area contributed by atoms with Crippen molar-refractivity contribution in [1.29, 1.82) is 5.26 Å². The molecule has 3 nitrogen and oxygen atoms in total. The highest BCUT2D eigenvalue weighted by Gasteiger charge is 2.47. The van der Waals surface area contributed by atoms with Crippen LogP contribution in [-0.4, -0.2) is 11.1 Å². The van der Waals surface area contributed by atoms with Gasteiger partial charge in [-0.3, -0.25) is 4.79 Å². The molecule has 3 rings (SSSR count). The third-order valence-electron chi connectivity index (χ3n) is 6.25. The van der Waals surface area contributed by atoms with E-state index in [1.807, 2.05) is 12.1 Å². The van der Waals surface area contributed by atoms with E-state index in [-0.39, 0.29) is 5.92 Å². The molecular weight excluding hydrogens is 341 g/mol. The Balaban J connectivity index is 2.04. The van der Waals surface area contributed by atoms with Gasteiger partial charge in [-0.1, -0.05) is 63.0 Å². The van der Waals surface area contributed by atoms with Crippen molar-refractivity contribution in [1.82, 2.24) is 0 Å². The largest absolute Gasteiger partial charge is 0.481 e. The summed E-state index contributed by atoms with van der Waals surface area (Å²) in [6.45, 7) is 2.19. The van der Waals surface area contributed by atoms with Crippen LogP contribution >= 0.6 is 0 Å². The van der Waals surface area contributed by atoms with Gasteiger partial charge >= 0.3 is 5.97 Å². The van der Waals surface area contributed by atoms with E-state index in [0.29, 0.717) is 17.0 Å². The molecule has 2 aliphatic carbocycles. The van der Waals surface area contributed by atoms with Gasteiger partial charge < -0.3 is 5.11 Å². The molecule has 0 amide bonds. The van der Waals surface area contributed by atoms with E-state index in [1.165, 1.54) is 12.5 Å². The number of nitrogens with zero attached hydrogens (tertiary/aromatic N) is 1.